The fourth-order valence-corrected chi connectivity index (χ4v) is 4.58. The highest BCUT2D eigenvalue weighted by molar-refractivity contribution is 5.95. The molecule has 0 radical (unpaired) electrons. The Morgan fingerprint density at radius 2 is 1.97 bits per heavy atom. The lowest BCUT2D eigenvalue weighted by molar-refractivity contribution is -0.141. The van der Waals surface area contributed by atoms with Crippen LogP contribution in [0.3, 0.4) is 0 Å². The molecule has 1 atom stereocenters. The number of ether oxygens (including phenoxy) is 2. The van der Waals surface area contributed by atoms with Crippen molar-refractivity contribution in [3.05, 3.63) is 35.5 Å². The highest BCUT2D eigenvalue weighted by Gasteiger charge is 2.31. The summed E-state index contributed by atoms with van der Waals surface area (Å²) < 4.78 is 10.7. The van der Waals surface area contributed by atoms with Gasteiger partial charge in [0.25, 0.3) is 5.91 Å². The first-order valence-electron chi connectivity index (χ1n) is 10.5. The molecule has 1 aromatic carbocycles. The van der Waals surface area contributed by atoms with Gasteiger partial charge in [-0.15, -0.1) is 0 Å². The molecular formula is C22H26N4O4. The van der Waals surface area contributed by atoms with Gasteiger partial charge in [0, 0.05) is 37.1 Å². The predicted octanol–water partition coefficient (Wildman–Crippen LogP) is 2.85. The number of aromatic amines is 1. The van der Waals surface area contributed by atoms with Crippen LogP contribution in [0.4, 0.5) is 17.2 Å². The Bertz CT molecular complexity index is 980. The van der Waals surface area contributed by atoms with Gasteiger partial charge in [-0.3, -0.25) is 9.59 Å². The maximum absolute atomic E-state index is 12.9. The Labute approximate surface area is 175 Å². The third-order valence-electron chi connectivity index (χ3n) is 6.18. The van der Waals surface area contributed by atoms with Gasteiger partial charge < -0.3 is 29.6 Å². The number of methoxy groups -OCH3 is 1. The van der Waals surface area contributed by atoms with E-state index in [1.165, 1.54) is 13.5 Å². The Morgan fingerprint density at radius 3 is 2.77 bits per heavy atom. The van der Waals surface area contributed by atoms with E-state index in [9.17, 15) is 9.59 Å². The van der Waals surface area contributed by atoms with Crippen LogP contribution in [-0.2, 0) is 9.53 Å². The molecule has 5 rings (SSSR count). The summed E-state index contributed by atoms with van der Waals surface area (Å²) in [5.74, 6) is 1.02. The van der Waals surface area contributed by atoms with E-state index in [1.54, 1.807) is 0 Å². The SMILES string of the molecule is COC(=O)C1CNc2cc(N3CCOc4cc(C(=O)N5CCCCC5)[nH]c43)ccc21. The van der Waals surface area contributed by atoms with Crippen LogP contribution < -0.4 is 15.0 Å². The molecule has 4 heterocycles. The van der Waals surface area contributed by atoms with Gasteiger partial charge in [0.1, 0.15) is 18.2 Å². The van der Waals surface area contributed by atoms with Crippen molar-refractivity contribution >= 4 is 29.1 Å². The number of amides is 1. The van der Waals surface area contributed by atoms with Crippen molar-refractivity contribution in [3.63, 3.8) is 0 Å². The number of carbonyl (C=O) groups excluding carboxylic acids is 2. The summed E-state index contributed by atoms with van der Waals surface area (Å²) in [6, 6.07) is 7.84. The molecule has 2 N–H and O–H groups in total. The molecule has 0 aliphatic carbocycles. The second-order valence-electron chi connectivity index (χ2n) is 7.98. The second kappa shape index (κ2) is 7.59. The van der Waals surface area contributed by atoms with E-state index in [0.29, 0.717) is 31.1 Å². The molecular weight excluding hydrogens is 384 g/mol. The molecule has 1 saturated heterocycles. The highest BCUT2D eigenvalue weighted by atomic mass is 16.5. The lowest BCUT2D eigenvalue weighted by Crippen LogP contribution is -2.35. The largest absolute Gasteiger partial charge is 0.488 e. The molecule has 0 spiro atoms. The highest BCUT2D eigenvalue weighted by Crippen LogP contribution is 2.41. The zero-order valence-electron chi connectivity index (χ0n) is 17.1. The summed E-state index contributed by atoms with van der Waals surface area (Å²) in [6.07, 6.45) is 3.30. The molecule has 0 bridgehead atoms. The zero-order valence-corrected chi connectivity index (χ0v) is 17.1. The number of hydrogen-bond acceptors (Lipinski definition) is 6. The third-order valence-corrected chi connectivity index (χ3v) is 6.18. The van der Waals surface area contributed by atoms with Crippen molar-refractivity contribution in [3.8, 4) is 5.75 Å². The Hall–Kier alpha value is -3.16. The molecule has 3 aliphatic heterocycles. The van der Waals surface area contributed by atoms with Crippen LogP contribution in [0.1, 0.15) is 41.2 Å². The number of H-pyrrole nitrogens is 1. The zero-order chi connectivity index (χ0) is 20.7. The maximum atomic E-state index is 12.9. The molecule has 8 heteroatoms. The molecule has 0 saturated carbocycles. The molecule has 158 valence electrons. The summed E-state index contributed by atoms with van der Waals surface area (Å²) in [6.45, 7) is 3.37. The molecule has 1 unspecified atom stereocenters. The van der Waals surface area contributed by atoms with Crippen LogP contribution in [0, 0.1) is 0 Å². The predicted molar refractivity (Wildman–Crippen MR) is 113 cm³/mol. The fourth-order valence-electron chi connectivity index (χ4n) is 4.58. The number of anilines is 3. The standard InChI is InChI=1S/C22H26N4O4/c1-29-22(28)16-13-23-17-11-14(5-6-15(16)17)26-9-10-30-19-12-18(24-20(19)26)21(27)25-7-3-2-4-8-25/h5-6,11-12,16,23-24H,2-4,7-10,13H2,1H3. The first kappa shape index (κ1) is 18.8. The summed E-state index contributed by atoms with van der Waals surface area (Å²) in [5, 5.41) is 3.31. The van der Waals surface area contributed by atoms with E-state index in [1.807, 2.05) is 29.2 Å². The van der Waals surface area contributed by atoms with E-state index < -0.39 is 0 Å². The summed E-state index contributed by atoms with van der Waals surface area (Å²) in [5.41, 5.74) is 3.44. The van der Waals surface area contributed by atoms with Crippen LogP contribution in [0.15, 0.2) is 24.3 Å². The van der Waals surface area contributed by atoms with Gasteiger partial charge in [-0.1, -0.05) is 6.07 Å². The lowest BCUT2D eigenvalue weighted by atomic mass is 10.0. The quantitative estimate of drug-likeness (QED) is 0.757. The summed E-state index contributed by atoms with van der Waals surface area (Å²) in [7, 11) is 1.41. The lowest BCUT2D eigenvalue weighted by Gasteiger charge is -2.29. The topological polar surface area (TPSA) is 86.9 Å². The molecule has 1 fully saturated rings. The second-order valence-corrected chi connectivity index (χ2v) is 7.98. The van der Waals surface area contributed by atoms with Crippen molar-refractivity contribution < 1.29 is 19.1 Å². The minimum absolute atomic E-state index is 0.0317. The van der Waals surface area contributed by atoms with Gasteiger partial charge in [-0.2, -0.15) is 0 Å². The number of nitrogens with one attached hydrogen (secondary N) is 2. The Kier molecular flexibility index (Phi) is 4.77. The average Bonchev–Trinajstić information content (AvgIpc) is 3.42. The minimum Gasteiger partial charge on any atom is -0.488 e. The number of rotatable bonds is 3. The van der Waals surface area contributed by atoms with Crippen molar-refractivity contribution in [1.29, 1.82) is 0 Å². The van der Waals surface area contributed by atoms with Crippen molar-refractivity contribution in [2.75, 3.05) is 50.1 Å². The van der Waals surface area contributed by atoms with Crippen molar-refractivity contribution in [2.45, 2.75) is 25.2 Å². The average molecular weight is 410 g/mol. The molecule has 2 aromatic rings. The third kappa shape index (κ3) is 3.16. The monoisotopic (exact) mass is 410 g/mol. The number of hydrogen-bond donors (Lipinski definition) is 2. The molecule has 30 heavy (non-hydrogen) atoms. The molecule has 1 aromatic heterocycles. The number of carbonyl (C=O) groups is 2. The number of nitrogens with zero attached hydrogens (tertiary/aromatic N) is 2. The van der Waals surface area contributed by atoms with Crippen LogP contribution >= 0.6 is 0 Å². The Balaban J connectivity index is 1.42. The van der Waals surface area contributed by atoms with E-state index in [-0.39, 0.29) is 17.8 Å². The van der Waals surface area contributed by atoms with Gasteiger partial charge in [0.15, 0.2) is 11.6 Å². The number of fused-ring (bicyclic) bond motifs is 2. The van der Waals surface area contributed by atoms with E-state index >= 15 is 0 Å². The number of likely N-dealkylation sites (tertiary alicyclic amines) is 1. The normalized spacial score (nSPS) is 20.1. The molecule has 1 amide bonds. The summed E-state index contributed by atoms with van der Waals surface area (Å²) >= 11 is 0. The van der Waals surface area contributed by atoms with Crippen LogP contribution in [-0.4, -0.2) is 61.7 Å². The van der Waals surface area contributed by atoms with E-state index in [4.69, 9.17) is 9.47 Å². The van der Waals surface area contributed by atoms with Gasteiger partial charge >= 0.3 is 5.97 Å². The smallest absolute Gasteiger partial charge is 0.315 e. The van der Waals surface area contributed by atoms with Crippen LogP contribution in [0.25, 0.3) is 0 Å². The number of piperidine rings is 1. The van der Waals surface area contributed by atoms with E-state index in [2.05, 4.69) is 15.2 Å². The van der Waals surface area contributed by atoms with Gasteiger partial charge in [-0.25, -0.2) is 0 Å². The van der Waals surface area contributed by atoms with Crippen LogP contribution in [0.5, 0.6) is 5.75 Å². The van der Waals surface area contributed by atoms with Crippen molar-refractivity contribution in [1.82, 2.24) is 9.88 Å². The van der Waals surface area contributed by atoms with E-state index in [0.717, 1.165) is 48.7 Å². The fraction of sp³-hybridized carbons (Fsp3) is 0.455. The maximum Gasteiger partial charge on any atom is 0.315 e. The number of esters is 1. The first-order valence-corrected chi connectivity index (χ1v) is 10.5. The van der Waals surface area contributed by atoms with Gasteiger partial charge in [-0.05, 0) is 37.0 Å². The molecule has 3 aliphatic rings. The number of aromatic nitrogens is 1. The first-order chi connectivity index (χ1) is 14.7. The summed E-state index contributed by atoms with van der Waals surface area (Å²) in [4.78, 5) is 32.2. The van der Waals surface area contributed by atoms with Gasteiger partial charge in [0.2, 0.25) is 0 Å². The minimum atomic E-state index is -0.279. The molecule has 8 nitrogen and oxygen atoms in total. The Morgan fingerprint density at radius 1 is 1.13 bits per heavy atom. The van der Waals surface area contributed by atoms with Crippen LogP contribution in [0.2, 0.25) is 0 Å². The number of benzene rings is 1. The van der Waals surface area contributed by atoms with Gasteiger partial charge in [0.05, 0.1) is 13.7 Å². The van der Waals surface area contributed by atoms with Crippen molar-refractivity contribution in [2.24, 2.45) is 0 Å².